The number of methoxy groups -OCH3 is 1. The Kier molecular flexibility index (Phi) is 5.76. The summed E-state index contributed by atoms with van der Waals surface area (Å²) in [4.78, 5) is 2.31. The molecule has 0 radical (unpaired) electrons. The van der Waals surface area contributed by atoms with Crippen LogP contribution in [0.1, 0.15) is 25.3 Å². The maximum Gasteiger partial charge on any atom is 0.491 e. The molecule has 21 heavy (non-hydrogen) atoms. The molecule has 6 heteroatoms. The molecule has 1 fully saturated rings. The van der Waals surface area contributed by atoms with Crippen molar-refractivity contribution in [1.29, 1.82) is 0 Å². The molecule has 1 unspecified atom stereocenters. The lowest BCUT2D eigenvalue weighted by molar-refractivity contribution is 0.111. The van der Waals surface area contributed by atoms with E-state index in [1.807, 2.05) is 0 Å². The summed E-state index contributed by atoms with van der Waals surface area (Å²) in [5.74, 6) is 0.137. The Hall–Kier alpha value is -0.945. The van der Waals surface area contributed by atoms with Gasteiger partial charge in [0, 0.05) is 31.7 Å². The van der Waals surface area contributed by atoms with Crippen molar-refractivity contribution in [2.75, 3.05) is 20.3 Å². The van der Waals surface area contributed by atoms with Crippen LogP contribution in [0.5, 0.6) is 0 Å². The number of ether oxygens (including phenoxy) is 1. The second-order valence-electron chi connectivity index (χ2n) is 5.77. The fraction of sp³-hybridized carbons (Fsp3) is 0.600. The number of nitrogens with zero attached hydrogens (tertiary/aromatic N) is 1. The monoisotopic (exact) mass is 295 g/mol. The highest BCUT2D eigenvalue weighted by Gasteiger charge is 2.32. The zero-order valence-electron chi connectivity index (χ0n) is 12.6. The van der Waals surface area contributed by atoms with E-state index in [4.69, 9.17) is 4.74 Å². The molecule has 116 valence electrons. The smallest absolute Gasteiger partial charge is 0.423 e. The lowest BCUT2D eigenvalue weighted by Gasteiger charge is -2.29. The van der Waals surface area contributed by atoms with Gasteiger partial charge in [-0.25, -0.2) is 4.39 Å². The zero-order chi connectivity index (χ0) is 15.4. The molecule has 0 aliphatic heterocycles. The maximum atomic E-state index is 13.5. The normalized spacial score (nSPS) is 16.3. The second-order valence-corrected chi connectivity index (χ2v) is 5.77. The average Bonchev–Trinajstić information content (AvgIpc) is 3.28. The van der Waals surface area contributed by atoms with E-state index in [-0.39, 0.29) is 5.46 Å². The summed E-state index contributed by atoms with van der Waals surface area (Å²) in [5, 5.41) is 18.4. The van der Waals surface area contributed by atoms with Crippen LogP contribution in [0, 0.1) is 11.7 Å². The topological polar surface area (TPSA) is 52.9 Å². The molecule has 0 aromatic heterocycles. The zero-order valence-corrected chi connectivity index (χ0v) is 12.6. The van der Waals surface area contributed by atoms with E-state index in [9.17, 15) is 14.4 Å². The summed E-state index contributed by atoms with van der Waals surface area (Å²) >= 11 is 0. The number of rotatable bonds is 8. The summed E-state index contributed by atoms with van der Waals surface area (Å²) in [7, 11) is -0.101. The third-order valence-electron chi connectivity index (χ3n) is 4.19. The van der Waals surface area contributed by atoms with Gasteiger partial charge < -0.3 is 14.8 Å². The maximum absolute atomic E-state index is 13.5. The molecule has 2 N–H and O–H groups in total. The molecule has 1 saturated carbocycles. The molecular weight excluding hydrogens is 272 g/mol. The first-order valence-corrected chi connectivity index (χ1v) is 7.40. The van der Waals surface area contributed by atoms with Crippen LogP contribution in [0.25, 0.3) is 0 Å². The first kappa shape index (κ1) is 16.4. The number of hydrogen-bond acceptors (Lipinski definition) is 4. The van der Waals surface area contributed by atoms with Gasteiger partial charge in [0.25, 0.3) is 0 Å². The molecule has 1 aromatic rings. The number of halogens is 1. The van der Waals surface area contributed by atoms with Gasteiger partial charge in [-0.2, -0.15) is 0 Å². The summed E-state index contributed by atoms with van der Waals surface area (Å²) < 4.78 is 18.7. The van der Waals surface area contributed by atoms with Crippen LogP contribution in [0.4, 0.5) is 4.39 Å². The molecule has 0 amide bonds. The predicted octanol–water partition coefficient (Wildman–Crippen LogP) is 0.752. The van der Waals surface area contributed by atoms with E-state index < -0.39 is 12.9 Å². The van der Waals surface area contributed by atoms with Gasteiger partial charge in [-0.1, -0.05) is 12.1 Å². The van der Waals surface area contributed by atoms with Crippen LogP contribution in [0.15, 0.2) is 18.2 Å². The Bertz CT molecular complexity index is 468. The first-order valence-electron chi connectivity index (χ1n) is 7.40. The summed E-state index contributed by atoms with van der Waals surface area (Å²) in [6, 6.07) is 4.97. The molecule has 0 spiro atoms. The van der Waals surface area contributed by atoms with Gasteiger partial charge in [0.05, 0.1) is 6.61 Å². The second kappa shape index (κ2) is 7.36. The molecule has 0 saturated heterocycles. The molecule has 0 bridgehead atoms. The van der Waals surface area contributed by atoms with Gasteiger partial charge in [0.15, 0.2) is 0 Å². The van der Waals surface area contributed by atoms with Crippen LogP contribution in [0.3, 0.4) is 0 Å². The molecular formula is C15H23BFNO3. The minimum Gasteiger partial charge on any atom is -0.423 e. The van der Waals surface area contributed by atoms with Crippen LogP contribution < -0.4 is 5.46 Å². The van der Waals surface area contributed by atoms with Gasteiger partial charge in [-0.05, 0) is 37.3 Å². The summed E-state index contributed by atoms with van der Waals surface area (Å²) in [6.07, 6.45) is 2.52. The van der Waals surface area contributed by atoms with E-state index in [1.54, 1.807) is 13.2 Å². The lowest BCUT2D eigenvalue weighted by Crippen LogP contribution is -2.38. The summed E-state index contributed by atoms with van der Waals surface area (Å²) in [5.41, 5.74) is 0.807. The molecule has 4 nitrogen and oxygen atoms in total. The molecule has 1 aliphatic carbocycles. The van der Waals surface area contributed by atoms with Crippen molar-refractivity contribution in [2.24, 2.45) is 5.92 Å². The Morgan fingerprint density at radius 3 is 2.71 bits per heavy atom. The number of hydrogen-bond donors (Lipinski definition) is 2. The molecule has 0 heterocycles. The Morgan fingerprint density at radius 1 is 1.43 bits per heavy atom. The van der Waals surface area contributed by atoms with Gasteiger partial charge in [0.2, 0.25) is 0 Å². The van der Waals surface area contributed by atoms with Crippen molar-refractivity contribution < 1.29 is 19.2 Å². The Morgan fingerprint density at radius 2 is 2.14 bits per heavy atom. The number of benzene rings is 1. The largest absolute Gasteiger partial charge is 0.491 e. The van der Waals surface area contributed by atoms with Crippen LogP contribution in [-0.2, 0) is 11.3 Å². The van der Waals surface area contributed by atoms with Crippen LogP contribution in [-0.4, -0.2) is 48.4 Å². The van der Waals surface area contributed by atoms with E-state index in [0.29, 0.717) is 19.2 Å². The van der Waals surface area contributed by atoms with Crippen molar-refractivity contribution in [3.63, 3.8) is 0 Å². The highest BCUT2D eigenvalue weighted by Crippen LogP contribution is 2.35. The van der Waals surface area contributed by atoms with Crippen molar-refractivity contribution in [1.82, 2.24) is 4.90 Å². The molecule has 1 atom stereocenters. The Labute approximate surface area is 125 Å². The minimum absolute atomic E-state index is 0.0710. The molecule has 1 aromatic carbocycles. The highest BCUT2D eigenvalue weighted by atomic mass is 19.1. The van der Waals surface area contributed by atoms with E-state index in [2.05, 4.69) is 11.8 Å². The van der Waals surface area contributed by atoms with Gasteiger partial charge in [-0.15, -0.1) is 0 Å². The van der Waals surface area contributed by atoms with Crippen molar-refractivity contribution in [2.45, 2.75) is 32.4 Å². The molecule has 1 aliphatic rings. The van der Waals surface area contributed by atoms with Gasteiger partial charge in [0.1, 0.15) is 5.82 Å². The fourth-order valence-electron chi connectivity index (χ4n) is 2.64. The highest BCUT2D eigenvalue weighted by molar-refractivity contribution is 6.58. The predicted molar refractivity (Wildman–Crippen MR) is 80.7 cm³/mol. The van der Waals surface area contributed by atoms with Gasteiger partial charge in [-0.3, -0.25) is 4.90 Å². The third kappa shape index (κ3) is 4.51. The van der Waals surface area contributed by atoms with Crippen molar-refractivity contribution >= 4 is 12.6 Å². The van der Waals surface area contributed by atoms with E-state index >= 15 is 0 Å². The SMILES string of the molecule is COCCN(Cc1ccc(F)c(B(O)O)c1)C(C)C1CC1. The molecule has 2 rings (SSSR count). The Balaban J connectivity index is 2.09. The van der Waals surface area contributed by atoms with Gasteiger partial charge >= 0.3 is 7.12 Å². The average molecular weight is 295 g/mol. The van der Waals surface area contributed by atoms with Crippen molar-refractivity contribution in [3.8, 4) is 0 Å². The summed E-state index contributed by atoms with van der Waals surface area (Å²) in [6.45, 7) is 4.32. The van der Waals surface area contributed by atoms with E-state index in [1.165, 1.54) is 25.0 Å². The van der Waals surface area contributed by atoms with Crippen molar-refractivity contribution in [3.05, 3.63) is 29.6 Å². The third-order valence-corrected chi connectivity index (χ3v) is 4.19. The van der Waals surface area contributed by atoms with Crippen LogP contribution >= 0.6 is 0 Å². The standard InChI is InChI=1S/C15H23BFNO3/c1-11(13-4-5-13)18(7-8-21-2)10-12-3-6-15(17)14(9-12)16(19)20/h3,6,9,11,13,19-20H,4-5,7-8,10H2,1-2H3. The first-order chi connectivity index (χ1) is 10.0. The fourth-order valence-corrected chi connectivity index (χ4v) is 2.64. The van der Waals surface area contributed by atoms with E-state index in [0.717, 1.165) is 18.0 Å². The quantitative estimate of drug-likeness (QED) is 0.695. The minimum atomic E-state index is -1.78. The van der Waals surface area contributed by atoms with Crippen LogP contribution in [0.2, 0.25) is 0 Å². The lowest BCUT2D eigenvalue weighted by atomic mass is 9.79.